The van der Waals surface area contributed by atoms with Crippen molar-refractivity contribution < 1.29 is 31.4 Å². The molecule has 4 rings (SSSR count). The first-order valence-electron chi connectivity index (χ1n) is 13.2. The third-order valence-electron chi connectivity index (χ3n) is 7.52. The summed E-state index contributed by atoms with van der Waals surface area (Å²) >= 11 is 0. The predicted octanol–water partition coefficient (Wildman–Crippen LogP) is 3.74. The molecule has 0 unspecified atom stereocenters. The van der Waals surface area contributed by atoms with E-state index in [0.29, 0.717) is 5.75 Å². The summed E-state index contributed by atoms with van der Waals surface area (Å²) in [6.45, 7) is 3.20. The topological polar surface area (TPSA) is 113 Å². The first kappa shape index (κ1) is 29.5. The standard InChI is InChI=1S/C28H38N2O7S2/c1-20-17-30(21(2)19-31)39(34,35)28-14-13-23(22-9-6-5-7-10-22)15-26(28)37-27(20)18-29(3)38(32,33)25-12-8-11-24(16-25)36-4/h8-9,11-16,20-21,27,31H,5-7,10,17-19H2,1-4H3/t20-,21-,27+/m1/s1. The van der Waals surface area contributed by atoms with Crippen LogP contribution >= 0.6 is 0 Å². The van der Waals surface area contributed by atoms with Gasteiger partial charge in [-0.1, -0.05) is 25.1 Å². The van der Waals surface area contributed by atoms with E-state index in [4.69, 9.17) is 9.47 Å². The lowest BCUT2D eigenvalue weighted by atomic mass is 9.93. The van der Waals surface area contributed by atoms with Crippen LogP contribution < -0.4 is 9.47 Å². The highest BCUT2D eigenvalue weighted by molar-refractivity contribution is 7.89. The molecule has 0 bridgehead atoms. The summed E-state index contributed by atoms with van der Waals surface area (Å²) in [5.41, 5.74) is 2.05. The molecule has 0 aromatic heterocycles. The van der Waals surface area contributed by atoms with E-state index in [1.165, 1.54) is 34.9 Å². The minimum atomic E-state index is -3.98. The average Bonchev–Trinajstić information content (AvgIpc) is 2.94. The van der Waals surface area contributed by atoms with Crippen molar-refractivity contribution in [3.05, 3.63) is 54.1 Å². The van der Waals surface area contributed by atoms with Crippen LogP contribution in [0.15, 0.2) is 58.3 Å². The SMILES string of the molecule is COc1cccc(S(=O)(=O)N(C)C[C@@H]2Oc3cc(C4=CCCCC4)ccc3S(=O)(=O)N([C@H](C)CO)C[C@H]2C)c1. The van der Waals surface area contributed by atoms with Crippen molar-refractivity contribution in [1.29, 1.82) is 0 Å². The smallest absolute Gasteiger partial charge is 0.247 e. The summed E-state index contributed by atoms with van der Waals surface area (Å²) in [5, 5.41) is 9.87. The van der Waals surface area contributed by atoms with E-state index >= 15 is 0 Å². The normalized spacial score (nSPS) is 22.7. The minimum absolute atomic E-state index is 0.00549. The summed E-state index contributed by atoms with van der Waals surface area (Å²) < 4.78 is 68.5. The van der Waals surface area contributed by atoms with Crippen LogP contribution in [-0.4, -0.2) is 76.6 Å². The zero-order chi connectivity index (χ0) is 28.4. The highest BCUT2D eigenvalue weighted by atomic mass is 32.2. The highest BCUT2D eigenvalue weighted by Gasteiger charge is 2.39. The van der Waals surface area contributed by atoms with E-state index in [1.807, 2.05) is 6.92 Å². The van der Waals surface area contributed by atoms with Gasteiger partial charge < -0.3 is 14.6 Å². The Morgan fingerprint density at radius 2 is 1.97 bits per heavy atom. The van der Waals surface area contributed by atoms with Crippen LogP contribution in [0.3, 0.4) is 0 Å². The molecule has 1 heterocycles. The summed E-state index contributed by atoms with van der Waals surface area (Å²) in [4.78, 5) is 0.103. The Morgan fingerprint density at radius 3 is 2.64 bits per heavy atom. The molecular weight excluding hydrogens is 540 g/mol. The molecule has 2 aromatic rings. The fourth-order valence-electron chi connectivity index (χ4n) is 5.04. The number of allylic oxidation sites excluding steroid dienone is 2. The second-order valence-corrected chi connectivity index (χ2v) is 14.2. The van der Waals surface area contributed by atoms with E-state index in [9.17, 15) is 21.9 Å². The number of likely N-dealkylation sites (N-methyl/N-ethyl adjacent to an activating group) is 1. The number of nitrogens with zero attached hydrogens (tertiary/aromatic N) is 2. The van der Waals surface area contributed by atoms with Gasteiger partial charge in [-0.25, -0.2) is 16.8 Å². The summed E-state index contributed by atoms with van der Waals surface area (Å²) in [6, 6.07) is 10.7. The van der Waals surface area contributed by atoms with Crippen molar-refractivity contribution in [3.8, 4) is 11.5 Å². The van der Waals surface area contributed by atoms with Crippen LogP contribution in [0.4, 0.5) is 0 Å². The predicted molar refractivity (Wildman–Crippen MR) is 150 cm³/mol. The number of methoxy groups -OCH3 is 1. The monoisotopic (exact) mass is 578 g/mol. The maximum absolute atomic E-state index is 13.7. The number of benzene rings is 2. The lowest BCUT2D eigenvalue weighted by Gasteiger charge is -2.37. The Labute approximate surface area is 232 Å². The Morgan fingerprint density at radius 1 is 1.21 bits per heavy atom. The average molecular weight is 579 g/mol. The quantitative estimate of drug-likeness (QED) is 0.508. The van der Waals surface area contributed by atoms with Gasteiger partial charge in [-0.2, -0.15) is 8.61 Å². The molecule has 2 aliphatic rings. The summed E-state index contributed by atoms with van der Waals surface area (Å²) in [5.74, 6) is 0.234. The van der Waals surface area contributed by atoms with Crippen molar-refractivity contribution in [3.63, 3.8) is 0 Å². The van der Waals surface area contributed by atoms with Crippen molar-refractivity contribution >= 4 is 25.6 Å². The number of aliphatic hydroxyl groups excluding tert-OH is 1. The Kier molecular flexibility index (Phi) is 9.07. The zero-order valence-corrected chi connectivity index (χ0v) is 24.5. The maximum Gasteiger partial charge on any atom is 0.247 e. The van der Waals surface area contributed by atoms with Crippen molar-refractivity contribution in [2.75, 3.05) is 33.9 Å². The molecule has 39 heavy (non-hydrogen) atoms. The molecule has 0 saturated carbocycles. The third kappa shape index (κ3) is 6.17. The molecule has 0 amide bonds. The summed E-state index contributed by atoms with van der Waals surface area (Å²) in [6.07, 6.45) is 5.59. The molecule has 0 fully saturated rings. The lowest BCUT2D eigenvalue weighted by Crippen LogP contribution is -2.50. The van der Waals surface area contributed by atoms with Gasteiger partial charge in [0.15, 0.2) is 0 Å². The maximum atomic E-state index is 13.7. The molecule has 9 nitrogen and oxygen atoms in total. The largest absolute Gasteiger partial charge is 0.497 e. The fraction of sp³-hybridized carbons (Fsp3) is 0.500. The Bertz CT molecular complexity index is 1420. The molecule has 3 atom stereocenters. The second kappa shape index (κ2) is 12.0. The van der Waals surface area contributed by atoms with E-state index in [0.717, 1.165) is 36.8 Å². The van der Waals surface area contributed by atoms with E-state index in [1.54, 1.807) is 37.3 Å². The van der Waals surface area contributed by atoms with Crippen molar-refractivity contribution in [2.24, 2.45) is 5.92 Å². The van der Waals surface area contributed by atoms with Crippen LogP contribution in [-0.2, 0) is 20.0 Å². The van der Waals surface area contributed by atoms with Gasteiger partial charge in [0.1, 0.15) is 22.5 Å². The number of fused-ring (bicyclic) bond motifs is 1. The van der Waals surface area contributed by atoms with Gasteiger partial charge in [-0.15, -0.1) is 0 Å². The van der Waals surface area contributed by atoms with E-state index in [-0.39, 0.29) is 41.2 Å². The number of hydrogen-bond donors (Lipinski definition) is 1. The van der Waals surface area contributed by atoms with Gasteiger partial charge >= 0.3 is 0 Å². The van der Waals surface area contributed by atoms with Crippen molar-refractivity contribution in [2.45, 2.75) is 61.5 Å². The minimum Gasteiger partial charge on any atom is -0.497 e. The van der Waals surface area contributed by atoms with Crippen LogP contribution in [0.25, 0.3) is 5.57 Å². The van der Waals surface area contributed by atoms with Crippen LogP contribution in [0.5, 0.6) is 11.5 Å². The molecule has 0 spiro atoms. The number of sulfonamides is 2. The van der Waals surface area contributed by atoms with Gasteiger partial charge in [0, 0.05) is 31.6 Å². The van der Waals surface area contributed by atoms with E-state index in [2.05, 4.69) is 6.08 Å². The van der Waals surface area contributed by atoms with Crippen LogP contribution in [0.1, 0.15) is 45.1 Å². The first-order chi connectivity index (χ1) is 18.5. The van der Waals surface area contributed by atoms with Gasteiger partial charge in [0.25, 0.3) is 0 Å². The molecule has 1 N–H and O–H groups in total. The van der Waals surface area contributed by atoms with Gasteiger partial charge in [-0.05, 0) is 68.0 Å². The molecule has 214 valence electrons. The van der Waals surface area contributed by atoms with Crippen LogP contribution in [0.2, 0.25) is 0 Å². The lowest BCUT2D eigenvalue weighted by molar-refractivity contribution is 0.0904. The molecular formula is C28H38N2O7S2. The van der Waals surface area contributed by atoms with Gasteiger partial charge in [-0.3, -0.25) is 0 Å². The molecule has 0 radical (unpaired) electrons. The number of hydrogen-bond acceptors (Lipinski definition) is 7. The number of aliphatic hydroxyl groups is 1. The second-order valence-electron chi connectivity index (χ2n) is 10.3. The highest BCUT2D eigenvalue weighted by Crippen LogP contribution is 2.37. The fourth-order valence-corrected chi connectivity index (χ4v) is 8.08. The first-order valence-corrected chi connectivity index (χ1v) is 16.1. The molecule has 2 aromatic carbocycles. The molecule has 1 aliphatic carbocycles. The van der Waals surface area contributed by atoms with Crippen LogP contribution in [0, 0.1) is 5.92 Å². The molecule has 0 saturated heterocycles. The molecule has 11 heteroatoms. The number of ether oxygens (including phenoxy) is 2. The van der Waals surface area contributed by atoms with Crippen molar-refractivity contribution in [1.82, 2.24) is 8.61 Å². The molecule has 1 aliphatic heterocycles. The summed E-state index contributed by atoms with van der Waals surface area (Å²) in [7, 11) is -4.91. The Balaban J connectivity index is 1.74. The van der Waals surface area contributed by atoms with E-state index < -0.39 is 32.2 Å². The number of rotatable bonds is 8. The van der Waals surface area contributed by atoms with Gasteiger partial charge in [0.05, 0.1) is 25.2 Å². The third-order valence-corrected chi connectivity index (χ3v) is 11.4. The zero-order valence-electron chi connectivity index (χ0n) is 22.9. The Hall–Kier alpha value is -2.44. The van der Waals surface area contributed by atoms with Gasteiger partial charge in [0.2, 0.25) is 20.0 Å².